The Morgan fingerprint density at radius 2 is 1.88 bits per heavy atom. The number of carbonyl (C=O) groups excluding carboxylic acids is 2. The number of benzene rings is 2. The third-order valence-corrected chi connectivity index (χ3v) is 4.45. The van der Waals surface area contributed by atoms with Crippen LogP contribution in [0.1, 0.15) is 6.42 Å². The number of pyridine rings is 1. The third-order valence-electron chi connectivity index (χ3n) is 4.45. The van der Waals surface area contributed by atoms with Crippen LogP contribution in [-0.2, 0) is 9.59 Å². The molecule has 2 amide bonds. The second kappa shape index (κ2) is 6.48. The fourth-order valence-electron chi connectivity index (χ4n) is 3.16. The number of carbonyl (C=O) groups is 2. The Balaban J connectivity index is 1.60. The van der Waals surface area contributed by atoms with Gasteiger partial charge in [0.15, 0.2) is 0 Å². The van der Waals surface area contributed by atoms with Gasteiger partial charge < -0.3 is 10.1 Å². The molecule has 1 fully saturated rings. The number of hydrogen-bond donors (Lipinski definition) is 1. The van der Waals surface area contributed by atoms with Gasteiger partial charge in [-0.25, -0.2) is 4.90 Å². The van der Waals surface area contributed by atoms with Crippen molar-refractivity contribution in [3.05, 3.63) is 60.8 Å². The van der Waals surface area contributed by atoms with Crippen molar-refractivity contribution in [1.82, 2.24) is 4.98 Å². The van der Waals surface area contributed by atoms with E-state index in [0.717, 1.165) is 16.6 Å². The molecule has 1 aliphatic rings. The molecule has 26 heavy (non-hydrogen) atoms. The zero-order valence-corrected chi connectivity index (χ0v) is 14.2. The highest BCUT2D eigenvalue weighted by molar-refractivity contribution is 6.23. The number of nitrogens with zero attached hydrogens (tertiary/aromatic N) is 2. The van der Waals surface area contributed by atoms with Crippen LogP contribution in [0.25, 0.3) is 10.9 Å². The van der Waals surface area contributed by atoms with E-state index in [2.05, 4.69) is 10.3 Å². The van der Waals surface area contributed by atoms with Crippen LogP contribution in [0.2, 0.25) is 0 Å². The smallest absolute Gasteiger partial charge is 0.256 e. The Hall–Kier alpha value is -3.41. The minimum atomic E-state index is -0.601. The molecular formula is C20H17N3O3. The Morgan fingerprint density at radius 1 is 1.08 bits per heavy atom. The predicted molar refractivity (Wildman–Crippen MR) is 99.3 cm³/mol. The molecular weight excluding hydrogens is 330 g/mol. The first-order valence-corrected chi connectivity index (χ1v) is 8.28. The molecule has 1 atom stereocenters. The molecule has 1 saturated heterocycles. The Morgan fingerprint density at radius 3 is 2.65 bits per heavy atom. The number of ether oxygens (including phenoxy) is 1. The van der Waals surface area contributed by atoms with Crippen LogP contribution in [-0.4, -0.2) is 29.9 Å². The van der Waals surface area contributed by atoms with E-state index >= 15 is 0 Å². The highest BCUT2D eigenvalue weighted by atomic mass is 16.5. The minimum Gasteiger partial charge on any atom is -0.497 e. The summed E-state index contributed by atoms with van der Waals surface area (Å²) in [4.78, 5) is 30.8. The lowest BCUT2D eigenvalue weighted by molar-refractivity contribution is -0.121. The van der Waals surface area contributed by atoms with Crippen LogP contribution in [0.5, 0.6) is 5.75 Å². The lowest BCUT2D eigenvalue weighted by Gasteiger charge is -2.17. The van der Waals surface area contributed by atoms with Gasteiger partial charge in [-0.3, -0.25) is 14.6 Å². The van der Waals surface area contributed by atoms with Crippen LogP contribution in [0, 0.1) is 0 Å². The summed E-state index contributed by atoms with van der Waals surface area (Å²) in [6, 6.07) is 15.7. The molecule has 4 rings (SSSR count). The summed E-state index contributed by atoms with van der Waals surface area (Å²) in [5.41, 5.74) is 2.17. The standard InChI is InChI=1S/C20H17N3O3/c1-26-14-9-7-13(8-10-14)23-19(24)12-18(20(23)25)22-17-6-2-5-16-15(17)4-3-11-21-16/h2-11,18,22H,12H2,1H3. The SMILES string of the molecule is COc1ccc(N2C(=O)CC(Nc3cccc4ncccc34)C2=O)cc1. The number of rotatable bonds is 4. The van der Waals surface area contributed by atoms with Crippen molar-refractivity contribution in [2.24, 2.45) is 0 Å². The largest absolute Gasteiger partial charge is 0.497 e. The van der Waals surface area contributed by atoms with Gasteiger partial charge in [0.2, 0.25) is 5.91 Å². The highest BCUT2D eigenvalue weighted by Gasteiger charge is 2.39. The number of methoxy groups -OCH3 is 1. The molecule has 3 aromatic rings. The first-order chi connectivity index (χ1) is 12.7. The molecule has 6 nitrogen and oxygen atoms in total. The first-order valence-electron chi connectivity index (χ1n) is 8.28. The van der Waals surface area contributed by atoms with Crippen LogP contribution in [0.4, 0.5) is 11.4 Å². The summed E-state index contributed by atoms with van der Waals surface area (Å²) >= 11 is 0. The summed E-state index contributed by atoms with van der Waals surface area (Å²) in [5, 5.41) is 4.12. The Labute approximate surface area is 150 Å². The molecule has 2 heterocycles. The lowest BCUT2D eigenvalue weighted by Crippen LogP contribution is -2.34. The summed E-state index contributed by atoms with van der Waals surface area (Å²) in [6.45, 7) is 0. The van der Waals surface area contributed by atoms with Crippen LogP contribution < -0.4 is 15.0 Å². The molecule has 1 aliphatic heterocycles. The van der Waals surface area contributed by atoms with Gasteiger partial charge in [0, 0.05) is 17.3 Å². The summed E-state index contributed by atoms with van der Waals surface area (Å²) < 4.78 is 5.12. The molecule has 6 heteroatoms. The van der Waals surface area contributed by atoms with Crippen molar-refractivity contribution in [3.8, 4) is 5.75 Å². The van der Waals surface area contributed by atoms with Gasteiger partial charge in [0.05, 0.1) is 24.7 Å². The number of amides is 2. The number of fused-ring (bicyclic) bond motifs is 1. The van der Waals surface area contributed by atoms with E-state index in [-0.39, 0.29) is 18.2 Å². The maximum atomic E-state index is 12.8. The van der Waals surface area contributed by atoms with Crippen molar-refractivity contribution in [1.29, 1.82) is 0 Å². The number of imide groups is 1. The molecule has 0 spiro atoms. The molecule has 1 N–H and O–H groups in total. The zero-order chi connectivity index (χ0) is 18.1. The van der Waals surface area contributed by atoms with E-state index in [1.54, 1.807) is 37.6 Å². The van der Waals surface area contributed by atoms with Crippen LogP contribution >= 0.6 is 0 Å². The number of anilines is 2. The molecule has 1 unspecified atom stereocenters. The van der Waals surface area contributed by atoms with Crippen molar-refractivity contribution in [2.45, 2.75) is 12.5 Å². The summed E-state index contributed by atoms with van der Waals surface area (Å²) in [7, 11) is 1.57. The molecule has 2 aromatic carbocycles. The maximum absolute atomic E-state index is 12.8. The van der Waals surface area contributed by atoms with Crippen molar-refractivity contribution in [2.75, 3.05) is 17.3 Å². The van der Waals surface area contributed by atoms with Crippen molar-refractivity contribution < 1.29 is 14.3 Å². The average molecular weight is 347 g/mol. The van der Waals surface area contributed by atoms with Crippen LogP contribution in [0.3, 0.4) is 0 Å². The first kappa shape index (κ1) is 16.1. The zero-order valence-electron chi connectivity index (χ0n) is 14.2. The predicted octanol–water partition coefficient (Wildman–Crippen LogP) is 2.99. The maximum Gasteiger partial charge on any atom is 0.256 e. The van der Waals surface area contributed by atoms with Gasteiger partial charge in [-0.05, 0) is 48.5 Å². The van der Waals surface area contributed by atoms with E-state index in [4.69, 9.17) is 4.74 Å². The molecule has 1 aromatic heterocycles. The molecule has 0 bridgehead atoms. The third kappa shape index (κ3) is 2.75. The van der Waals surface area contributed by atoms with E-state index in [9.17, 15) is 9.59 Å². The molecule has 0 saturated carbocycles. The van der Waals surface area contributed by atoms with Gasteiger partial charge in [-0.1, -0.05) is 6.07 Å². The molecule has 0 aliphatic carbocycles. The summed E-state index contributed by atoms with van der Waals surface area (Å²) in [5.74, 6) is 0.183. The normalized spacial score (nSPS) is 17.0. The van der Waals surface area contributed by atoms with Gasteiger partial charge in [0.25, 0.3) is 5.91 Å². The highest BCUT2D eigenvalue weighted by Crippen LogP contribution is 2.28. The fourth-order valence-corrected chi connectivity index (χ4v) is 3.16. The van der Waals surface area contributed by atoms with Gasteiger partial charge in [0.1, 0.15) is 11.8 Å². The van der Waals surface area contributed by atoms with E-state index in [1.165, 1.54) is 4.90 Å². The van der Waals surface area contributed by atoms with Gasteiger partial charge >= 0.3 is 0 Å². The monoisotopic (exact) mass is 347 g/mol. The number of hydrogen-bond acceptors (Lipinski definition) is 5. The van der Waals surface area contributed by atoms with E-state index in [0.29, 0.717) is 11.4 Å². The van der Waals surface area contributed by atoms with E-state index < -0.39 is 6.04 Å². The average Bonchev–Trinajstić information content (AvgIpc) is 2.95. The number of nitrogens with one attached hydrogen (secondary N) is 1. The van der Waals surface area contributed by atoms with E-state index in [1.807, 2.05) is 30.3 Å². The van der Waals surface area contributed by atoms with Crippen molar-refractivity contribution in [3.63, 3.8) is 0 Å². The second-order valence-electron chi connectivity index (χ2n) is 6.04. The van der Waals surface area contributed by atoms with Gasteiger partial charge in [-0.2, -0.15) is 0 Å². The van der Waals surface area contributed by atoms with Gasteiger partial charge in [-0.15, -0.1) is 0 Å². The summed E-state index contributed by atoms with van der Waals surface area (Å²) in [6.07, 6.45) is 1.84. The number of aromatic nitrogens is 1. The molecule has 0 radical (unpaired) electrons. The molecule has 130 valence electrons. The Bertz CT molecular complexity index is 980. The fraction of sp³-hybridized carbons (Fsp3) is 0.150. The van der Waals surface area contributed by atoms with Crippen molar-refractivity contribution >= 4 is 34.1 Å². The lowest BCUT2D eigenvalue weighted by atomic mass is 10.1. The quantitative estimate of drug-likeness (QED) is 0.735. The Kier molecular flexibility index (Phi) is 4.01. The topological polar surface area (TPSA) is 71.5 Å². The minimum absolute atomic E-state index is 0.113. The second-order valence-corrected chi connectivity index (χ2v) is 6.04. The van der Waals surface area contributed by atoms with Crippen LogP contribution in [0.15, 0.2) is 60.8 Å².